The molecule has 0 radical (unpaired) electrons. The number of para-hydroxylation sites is 1. The Morgan fingerprint density at radius 3 is 2.31 bits per heavy atom. The number of benzene rings is 5. The summed E-state index contributed by atoms with van der Waals surface area (Å²) < 4.78 is 13.0. The molecule has 4 nitrogen and oxygen atoms in total. The van der Waals surface area contributed by atoms with Crippen LogP contribution in [0.2, 0.25) is 0 Å². The van der Waals surface area contributed by atoms with E-state index in [1.807, 2.05) is 30.3 Å². The second-order valence-corrected chi connectivity index (χ2v) is 13.3. The topological polar surface area (TPSA) is 52.1 Å². The van der Waals surface area contributed by atoms with Crippen molar-refractivity contribution in [1.82, 2.24) is 9.97 Å². The summed E-state index contributed by atoms with van der Waals surface area (Å²) in [6.07, 6.45) is 10.9. The molecule has 234 valence electrons. The maximum Gasteiger partial charge on any atom is 0.160 e. The zero-order valence-electron chi connectivity index (χ0n) is 27.1. The van der Waals surface area contributed by atoms with Crippen LogP contribution in [0.1, 0.15) is 48.4 Å². The van der Waals surface area contributed by atoms with E-state index in [0.717, 1.165) is 73.7 Å². The third-order valence-corrected chi connectivity index (χ3v) is 10.2. The van der Waals surface area contributed by atoms with E-state index in [-0.39, 0.29) is 5.92 Å². The van der Waals surface area contributed by atoms with Gasteiger partial charge in [0.15, 0.2) is 5.82 Å². The minimum absolute atomic E-state index is 0.0592. The molecule has 2 aliphatic carbocycles. The zero-order chi connectivity index (χ0) is 32.5. The average molecular weight is 633 g/mol. The van der Waals surface area contributed by atoms with E-state index in [1.54, 1.807) is 0 Å². The van der Waals surface area contributed by atoms with Gasteiger partial charge in [0.05, 0.1) is 11.4 Å². The number of allylic oxidation sites excluding steroid dienone is 1. The molecule has 0 amide bonds. The zero-order valence-corrected chi connectivity index (χ0v) is 27.1. The molecule has 0 bridgehead atoms. The van der Waals surface area contributed by atoms with Gasteiger partial charge in [-0.05, 0) is 71.9 Å². The molecule has 0 N–H and O–H groups in total. The van der Waals surface area contributed by atoms with Crippen molar-refractivity contribution in [3.63, 3.8) is 0 Å². The Balaban J connectivity index is 1.14. The van der Waals surface area contributed by atoms with E-state index in [4.69, 9.17) is 18.8 Å². The van der Waals surface area contributed by atoms with Gasteiger partial charge in [-0.25, -0.2) is 9.97 Å². The van der Waals surface area contributed by atoms with Gasteiger partial charge in [0.1, 0.15) is 22.2 Å². The number of furan rings is 2. The molecule has 10 rings (SSSR count). The molecular formula is C45H32N2O2. The van der Waals surface area contributed by atoms with Gasteiger partial charge in [0.25, 0.3) is 0 Å². The first-order valence-corrected chi connectivity index (χ1v) is 17.1. The number of nitrogens with zero attached hydrogens (tertiary/aromatic N) is 2. The van der Waals surface area contributed by atoms with E-state index in [9.17, 15) is 0 Å². The van der Waals surface area contributed by atoms with Crippen LogP contribution in [0.3, 0.4) is 0 Å². The molecule has 2 unspecified atom stereocenters. The van der Waals surface area contributed by atoms with Crippen molar-refractivity contribution < 1.29 is 8.83 Å². The molecule has 0 saturated heterocycles. The van der Waals surface area contributed by atoms with E-state index >= 15 is 0 Å². The quantitative estimate of drug-likeness (QED) is 0.194. The van der Waals surface area contributed by atoms with Crippen LogP contribution < -0.4 is 10.6 Å². The molecule has 0 saturated carbocycles. The summed E-state index contributed by atoms with van der Waals surface area (Å²) >= 11 is 0. The highest BCUT2D eigenvalue weighted by Crippen LogP contribution is 2.45. The predicted molar refractivity (Wildman–Crippen MR) is 199 cm³/mol. The van der Waals surface area contributed by atoms with Crippen molar-refractivity contribution in [3.05, 3.63) is 149 Å². The molecule has 0 aliphatic heterocycles. The largest absolute Gasteiger partial charge is 0.456 e. The summed E-state index contributed by atoms with van der Waals surface area (Å²) in [6.45, 7) is 2.31. The van der Waals surface area contributed by atoms with Crippen molar-refractivity contribution in [3.8, 4) is 33.8 Å². The molecule has 3 aromatic heterocycles. The lowest BCUT2D eigenvalue weighted by atomic mass is 9.81. The van der Waals surface area contributed by atoms with Crippen LogP contribution in [0.4, 0.5) is 0 Å². The Hall–Kier alpha value is -6.00. The van der Waals surface area contributed by atoms with Crippen LogP contribution in [-0.2, 0) is 0 Å². The number of hydrogen-bond donors (Lipinski definition) is 0. The highest BCUT2D eigenvalue weighted by atomic mass is 16.3. The van der Waals surface area contributed by atoms with Crippen LogP contribution in [-0.4, -0.2) is 9.97 Å². The standard InChI is InChI=1S/C45H32N2O2/c1-27-11-10-17-35-43(27)36(28-12-4-2-5-13-28)25-37-34-22-20-31(24-42(34)49-44(35)37)39-26-38(46-45(47-39)29-14-6-3-7-15-29)30-19-21-33-32-16-8-9-18-40(32)48-41(33)23-30/h2-10,12-18,20-27,30H,11,19H2,1H3. The number of aromatic nitrogens is 2. The summed E-state index contributed by atoms with van der Waals surface area (Å²) in [7, 11) is 0. The van der Waals surface area contributed by atoms with Crippen LogP contribution in [0, 0.1) is 0 Å². The van der Waals surface area contributed by atoms with Gasteiger partial charge in [0, 0.05) is 44.0 Å². The predicted octanol–water partition coefficient (Wildman–Crippen LogP) is 10.4. The summed E-state index contributed by atoms with van der Waals surface area (Å²) in [4.78, 5) is 10.3. The minimum Gasteiger partial charge on any atom is -0.456 e. The normalized spacial score (nSPS) is 16.8. The molecule has 4 heteroatoms. The summed E-state index contributed by atoms with van der Waals surface area (Å²) in [6, 6.07) is 40.2. The SMILES string of the molecule is CC1CC=Cc2c1c(-c1ccccc1)cc1c2oc2cc(-c3cc(C4C=c5oc6ccccc6c5=CC4)nc(-c4ccccc4)n3)ccc21. The van der Waals surface area contributed by atoms with Crippen molar-refractivity contribution in [2.75, 3.05) is 0 Å². The van der Waals surface area contributed by atoms with Gasteiger partial charge in [-0.15, -0.1) is 0 Å². The van der Waals surface area contributed by atoms with Crippen LogP contribution in [0.25, 0.3) is 84.9 Å². The Labute approximate surface area is 283 Å². The Morgan fingerprint density at radius 2 is 1.45 bits per heavy atom. The van der Waals surface area contributed by atoms with E-state index in [2.05, 4.69) is 116 Å². The van der Waals surface area contributed by atoms with E-state index in [1.165, 1.54) is 27.5 Å². The number of fused-ring (bicyclic) bond motifs is 8. The smallest absolute Gasteiger partial charge is 0.160 e. The lowest BCUT2D eigenvalue weighted by Crippen LogP contribution is -2.25. The maximum absolute atomic E-state index is 6.76. The Morgan fingerprint density at radius 1 is 0.653 bits per heavy atom. The van der Waals surface area contributed by atoms with Crippen molar-refractivity contribution in [2.24, 2.45) is 0 Å². The summed E-state index contributed by atoms with van der Waals surface area (Å²) in [5, 5.41) is 4.57. The average Bonchev–Trinajstić information content (AvgIpc) is 3.73. The lowest BCUT2D eigenvalue weighted by Gasteiger charge is -2.22. The molecular weight excluding hydrogens is 601 g/mol. The first-order valence-electron chi connectivity index (χ1n) is 17.1. The van der Waals surface area contributed by atoms with E-state index in [0.29, 0.717) is 11.7 Å². The molecule has 5 aromatic carbocycles. The third kappa shape index (κ3) is 4.59. The van der Waals surface area contributed by atoms with Crippen molar-refractivity contribution >= 4 is 51.1 Å². The highest BCUT2D eigenvalue weighted by Gasteiger charge is 2.24. The van der Waals surface area contributed by atoms with Crippen LogP contribution in [0.15, 0.2) is 130 Å². The fourth-order valence-corrected chi connectivity index (χ4v) is 7.81. The van der Waals surface area contributed by atoms with Crippen molar-refractivity contribution in [2.45, 2.75) is 31.6 Å². The number of rotatable bonds is 4. The first kappa shape index (κ1) is 28.1. The van der Waals surface area contributed by atoms with Gasteiger partial charge in [-0.3, -0.25) is 0 Å². The Bertz CT molecular complexity index is 2740. The lowest BCUT2D eigenvalue weighted by molar-refractivity contribution is 0.568. The summed E-state index contributed by atoms with van der Waals surface area (Å²) in [5.41, 5.74) is 12.5. The van der Waals surface area contributed by atoms with Gasteiger partial charge in [0.2, 0.25) is 0 Å². The highest BCUT2D eigenvalue weighted by molar-refractivity contribution is 6.10. The fourth-order valence-electron chi connectivity index (χ4n) is 7.81. The maximum atomic E-state index is 6.76. The van der Waals surface area contributed by atoms with Gasteiger partial charge in [-0.1, -0.05) is 110 Å². The monoisotopic (exact) mass is 632 g/mol. The Kier molecular flexibility index (Phi) is 6.32. The summed E-state index contributed by atoms with van der Waals surface area (Å²) in [5.74, 6) is 1.18. The van der Waals surface area contributed by atoms with Gasteiger partial charge < -0.3 is 8.83 Å². The molecule has 2 aliphatic rings. The molecule has 2 atom stereocenters. The number of hydrogen-bond acceptors (Lipinski definition) is 4. The van der Waals surface area contributed by atoms with Gasteiger partial charge >= 0.3 is 0 Å². The molecule has 8 aromatic rings. The first-order chi connectivity index (χ1) is 24.2. The van der Waals surface area contributed by atoms with Crippen LogP contribution >= 0.6 is 0 Å². The second-order valence-electron chi connectivity index (χ2n) is 13.3. The molecule has 0 fully saturated rings. The molecule has 49 heavy (non-hydrogen) atoms. The van der Waals surface area contributed by atoms with Gasteiger partial charge in [-0.2, -0.15) is 0 Å². The minimum atomic E-state index is 0.0592. The molecule has 0 spiro atoms. The van der Waals surface area contributed by atoms with Crippen LogP contribution in [0.5, 0.6) is 0 Å². The molecule has 3 heterocycles. The van der Waals surface area contributed by atoms with Crippen molar-refractivity contribution in [1.29, 1.82) is 0 Å². The fraction of sp³-hybridized carbons (Fsp3) is 0.111. The third-order valence-electron chi connectivity index (χ3n) is 10.2. The van der Waals surface area contributed by atoms with E-state index < -0.39 is 0 Å². The second kappa shape index (κ2) is 11.0.